The Morgan fingerprint density at radius 3 is 3.00 bits per heavy atom. The number of likely N-dealkylation sites (tertiary alicyclic amines) is 1. The molecule has 1 aromatic rings. The van der Waals surface area contributed by atoms with Crippen molar-refractivity contribution in [2.24, 2.45) is 0 Å². The third-order valence-corrected chi connectivity index (χ3v) is 3.11. The van der Waals surface area contributed by atoms with Gasteiger partial charge in [-0.15, -0.1) is 0 Å². The van der Waals surface area contributed by atoms with Gasteiger partial charge >= 0.3 is 0 Å². The van der Waals surface area contributed by atoms with Crippen molar-refractivity contribution >= 4 is 27.5 Å². The average molecular weight is 292 g/mol. The van der Waals surface area contributed by atoms with Gasteiger partial charge in [-0.2, -0.15) is 5.26 Å². The number of rotatable bonds is 2. The molecule has 2 heterocycles. The second kappa shape index (κ2) is 5.11. The van der Waals surface area contributed by atoms with Crippen LogP contribution < -0.4 is 0 Å². The monoisotopic (exact) mass is 291 g/mol. The Hall–Kier alpha value is -1.67. The molecule has 1 fully saturated rings. The predicted octanol–water partition coefficient (Wildman–Crippen LogP) is 1.94. The molecule has 0 saturated carbocycles. The molecule has 0 bridgehead atoms. The van der Waals surface area contributed by atoms with Gasteiger partial charge in [-0.1, -0.05) is 22.0 Å². The van der Waals surface area contributed by atoms with Crippen LogP contribution in [0.4, 0.5) is 0 Å². The molecule has 1 aromatic heterocycles. The summed E-state index contributed by atoms with van der Waals surface area (Å²) in [4.78, 5) is 17.7. The molecule has 1 saturated heterocycles. The van der Waals surface area contributed by atoms with Gasteiger partial charge < -0.3 is 4.90 Å². The number of amides is 1. The molecule has 1 unspecified atom stereocenters. The van der Waals surface area contributed by atoms with Crippen molar-refractivity contribution in [3.63, 3.8) is 0 Å². The molecule has 17 heavy (non-hydrogen) atoms. The third-order valence-electron chi connectivity index (χ3n) is 2.50. The van der Waals surface area contributed by atoms with E-state index in [9.17, 15) is 4.79 Å². The summed E-state index contributed by atoms with van der Waals surface area (Å²) in [5, 5.41) is 8.81. The molecule has 86 valence electrons. The van der Waals surface area contributed by atoms with Crippen LogP contribution in [0.2, 0.25) is 0 Å². The van der Waals surface area contributed by atoms with Crippen LogP contribution in [0.1, 0.15) is 12.1 Å². The summed E-state index contributed by atoms with van der Waals surface area (Å²) >= 11 is 3.42. The summed E-state index contributed by atoms with van der Waals surface area (Å²) in [6, 6.07) is 7.39. The number of nitriles is 1. The minimum absolute atomic E-state index is 0.0130. The number of carbonyl (C=O) groups is 1. The van der Waals surface area contributed by atoms with E-state index in [0.717, 1.165) is 0 Å². The highest BCUT2D eigenvalue weighted by atomic mass is 79.9. The highest BCUT2D eigenvalue weighted by Gasteiger charge is 2.31. The number of aromatic nitrogens is 1. The van der Waals surface area contributed by atoms with Gasteiger partial charge in [0, 0.05) is 30.1 Å². The van der Waals surface area contributed by atoms with Crippen molar-refractivity contribution in [1.29, 1.82) is 5.26 Å². The van der Waals surface area contributed by atoms with Gasteiger partial charge in [0.2, 0.25) is 5.91 Å². The van der Waals surface area contributed by atoms with Crippen molar-refractivity contribution in [2.75, 3.05) is 6.54 Å². The standard InChI is InChI=1S/C12H10BrN3O/c13-9-7-12(17)16(8-9)11(4-5-14)10-3-1-2-6-15-10/h1-4,6,9H,7-8H2. The van der Waals surface area contributed by atoms with Crippen molar-refractivity contribution in [3.8, 4) is 6.07 Å². The molecule has 4 nitrogen and oxygen atoms in total. The van der Waals surface area contributed by atoms with Crippen LogP contribution in [0.15, 0.2) is 30.5 Å². The van der Waals surface area contributed by atoms with Crippen LogP contribution in [-0.4, -0.2) is 27.2 Å². The molecule has 0 radical (unpaired) electrons. The highest BCUT2D eigenvalue weighted by Crippen LogP contribution is 2.26. The van der Waals surface area contributed by atoms with Crippen molar-refractivity contribution in [2.45, 2.75) is 11.2 Å². The molecular formula is C12H10BrN3O. The zero-order valence-electron chi connectivity index (χ0n) is 9.01. The van der Waals surface area contributed by atoms with Gasteiger partial charge in [0.05, 0.1) is 17.5 Å². The van der Waals surface area contributed by atoms with E-state index >= 15 is 0 Å². The minimum atomic E-state index is 0.0130. The maximum atomic E-state index is 11.8. The van der Waals surface area contributed by atoms with Gasteiger partial charge in [-0.05, 0) is 12.1 Å². The van der Waals surface area contributed by atoms with E-state index in [1.165, 1.54) is 6.08 Å². The van der Waals surface area contributed by atoms with Crippen LogP contribution in [-0.2, 0) is 4.79 Å². The number of halogens is 1. The van der Waals surface area contributed by atoms with Crippen LogP contribution in [0.3, 0.4) is 0 Å². The SMILES string of the molecule is N#CC=C(c1ccccn1)N1CC(Br)CC1=O. The summed E-state index contributed by atoms with van der Waals surface area (Å²) in [5.74, 6) is 0.0130. The first-order valence-electron chi connectivity index (χ1n) is 5.18. The number of nitrogens with zero attached hydrogens (tertiary/aromatic N) is 3. The van der Waals surface area contributed by atoms with E-state index < -0.39 is 0 Å². The molecule has 1 aliphatic heterocycles. The van der Waals surface area contributed by atoms with E-state index in [-0.39, 0.29) is 10.7 Å². The van der Waals surface area contributed by atoms with Crippen molar-refractivity contribution < 1.29 is 4.79 Å². The summed E-state index contributed by atoms with van der Waals surface area (Å²) in [6.07, 6.45) is 3.47. The molecular weight excluding hydrogens is 282 g/mol. The number of alkyl halides is 1. The van der Waals surface area contributed by atoms with E-state index in [1.807, 2.05) is 12.1 Å². The first-order chi connectivity index (χ1) is 8.22. The number of hydrogen-bond acceptors (Lipinski definition) is 3. The summed E-state index contributed by atoms with van der Waals surface area (Å²) in [5.41, 5.74) is 1.21. The Kier molecular flexibility index (Phi) is 3.55. The van der Waals surface area contributed by atoms with Gasteiger partial charge in [0.1, 0.15) is 0 Å². The first-order valence-corrected chi connectivity index (χ1v) is 6.09. The zero-order chi connectivity index (χ0) is 12.3. The lowest BCUT2D eigenvalue weighted by Gasteiger charge is -2.18. The molecule has 0 spiro atoms. The lowest BCUT2D eigenvalue weighted by molar-refractivity contribution is -0.124. The molecule has 1 amide bonds. The summed E-state index contributed by atoms with van der Waals surface area (Å²) < 4.78 is 0. The minimum Gasteiger partial charge on any atom is -0.309 e. The van der Waals surface area contributed by atoms with Crippen LogP contribution in [0, 0.1) is 11.3 Å². The van der Waals surface area contributed by atoms with E-state index in [2.05, 4.69) is 20.9 Å². The molecule has 0 N–H and O–H groups in total. The molecule has 2 rings (SSSR count). The van der Waals surface area contributed by atoms with Gasteiger partial charge in [0.15, 0.2) is 0 Å². The maximum Gasteiger partial charge on any atom is 0.228 e. The first kappa shape index (κ1) is 11.8. The third kappa shape index (κ3) is 2.53. The quantitative estimate of drug-likeness (QED) is 0.618. The van der Waals surface area contributed by atoms with E-state index in [4.69, 9.17) is 5.26 Å². The highest BCUT2D eigenvalue weighted by molar-refractivity contribution is 9.09. The normalized spacial score (nSPS) is 20.5. The fourth-order valence-electron chi connectivity index (χ4n) is 1.76. The Bertz CT molecular complexity index is 492. The molecule has 1 aliphatic rings. The zero-order valence-corrected chi connectivity index (χ0v) is 10.6. The number of hydrogen-bond donors (Lipinski definition) is 0. The molecule has 0 aliphatic carbocycles. The Morgan fingerprint density at radius 1 is 1.65 bits per heavy atom. The van der Waals surface area contributed by atoms with Crippen molar-refractivity contribution in [3.05, 3.63) is 36.2 Å². The van der Waals surface area contributed by atoms with Crippen LogP contribution >= 0.6 is 15.9 Å². The predicted molar refractivity (Wildman–Crippen MR) is 66.9 cm³/mol. The van der Waals surface area contributed by atoms with Gasteiger partial charge in [0.25, 0.3) is 0 Å². The Balaban J connectivity index is 2.35. The second-order valence-corrected chi connectivity index (χ2v) is 4.97. The van der Waals surface area contributed by atoms with Crippen molar-refractivity contribution in [1.82, 2.24) is 9.88 Å². The fourth-order valence-corrected chi connectivity index (χ4v) is 2.33. The number of pyridine rings is 1. The average Bonchev–Trinajstić information content (AvgIpc) is 2.66. The lowest BCUT2D eigenvalue weighted by Crippen LogP contribution is -2.24. The Labute approximate surface area is 108 Å². The molecule has 1 atom stereocenters. The number of allylic oxidation sites excluding steroid dienone is 1. The van der Waals surface area contributed by atoms with Crippen LogP contribution in [0.5, 0.6) is 0 Å². The van der Waals surface area contributed by atoms with Gasteiger partial charge in [-0.25, -0.2) is 0 Å². The topological polar surface area (TPSA) is 57.0 Å². The van der Waals surface area contributed by atoms with Crippen LogP contribution in [0.25, 0.3) is 5.70 Å². The van der Waals surface area contributed by atoms with E-state index in [0.29, 0.717) is 24.4 Å². The van der Waals surface area contributed by atoms with Gasteiger partial charge in [-0.3, -0.25) is 9.78 Å². The lowest BCUT2D eigenvalue weighted by atomic mass is 10.2. The van der Waals surface area contributed by atoms with E-state index in [1.54, 1.807) is 23.2 Å². The number of carbonyl (C=O) groups excluding carboxylic acids is 1. The second-order valence-electron chi connectivity index (χ2n) is 3.68. The summed E-state index contributed by atoms with van der Waals surface area (Å²) in [6.45, 7) is 0.572. The molecule has 5 heteroatoms. The Morgan fingerprint density at radius 2 is 2.47 bits per heavy atom. The fraction of sp³-hybridized carbons (Fsp3) is 0.250. The smallest absolute Gasteiger partial charge is 0.228 e. The maximum absolute atomic E-state index is 11.8. The summed E-state index contributed by atoms with van der Waals surface area (Å²) in [7, 11) is 0. The molecule has 0 aromatic carbocycles. The largest absolute Gasteiger partial charge is 0.309 e.